The van der Waals surface area contributed by atoms with Crippen LogP contribution in [0.2, 0.25) is 0 Å². The smallest absolute Gasteiger partial charge is 0.0753 e. The van der Waals surface area contributed by atoms with Gasteiger partial charge in [-0.3, -0.25) is 4.90 Å². The van der Waals surface area contributed by atoms with Crippen molar-refractivity contribution in [3.05, 3.63) is 0 Å². The van der Waals surface area contributed by atoms with Crippen molar-refractivity contribution in [2.24, 2.45) is 0 Å². The number of morpholine rings is 1. The number of ether oxygens (including phenoxy) is 2. The van der Waals surface area contributed by atoms with Crippen LogP contribution in [-0.2, 0) is 9.47 Å². The number of hydrogen-bond donors (Lipinski definition) is 0. The first-order valence-electron chi connectivity index (χ1n) is 5.75. The highest BCUT2D eigenvalue weighted by molar-refractivity contribution is 5.00. The van der Waals surface area contributed by atoms with Gasteiger partial charge in [0.15, 0.2) is 0 Å². The first-order valence-corrected chi connectivity index (χ1v) is 5.75. The predicted octanol–water partition coefficient (Wildman–Crippen LogP) is 0.889. The van der Waals surface area contributed by atoms with Crippen LogP contribution < -0.4 is 0 Å². The van der Waals surface area contributed by atoms with Gasteiger partial charge in [-0.05, 0) is 19.8 Å². The highest BCUT2D eigenvalue weighted by Crippen LogP contribution is 2.21. The third-order valence-corrected chi connectivity index (χ3v) is 3.13. The van der Waals surface area contributed by atoms with E-state index in [1.54, 1.807) is 0 Å². The Hall–Kier alpha value is -0.560. The Morgan fingerprint density at radius 1 is 1.40 bits per heavy atom. The highest BCUT2D eigenvalue weighted by Gasteiger charge is 2.32. The molecular formula is C12H19NO2. The van der Waals surface area contributed by atoms with Gasteiger partial charge in [-0.15, -0.1) is 5.92 Å². The topological polar surface area (TPSA) is 21.7 Å². The van der Waals surface area contributed by atoms with Gasteiger partial charge in [0.1, 0.15) is 0 Å². The van der Waals surface area contributed by atoms with Crippen molar-refractivity contribution in [2.45, 2.75) is 31.9 Å². The molecule has 2 saturated heterocycles. The Bertz CT molecular complexity index is 250. The van der Waals surface area contributed by atoms with E-state index in [9.17, 15) is 0 Å². The molecule has 2 rings (SSSR count). The van der Waals surface area contributed by atoms with Crippen molar-refractivity contribution in [3.63, 3.8) is 0 Å². The Morgan fingerprint density at radius 2 is 2.33 bits per heavy atom. The third-order valence-electron chi connectivity index (χ3n) is 3.13. The van der Waals surface area contributed by atoms with E-state index in [1.807, 2.05) is 6.92 Å². The summed E-state index contributed by atoms with van der Waals surface area (Å²) in [6, 6.07) is 0.419. The maximum atomic E-state index is 5.73. The molecule has 0 aliphatic carbocycles. The van der Waals surface area contributed by atoms with E-state index in [0.717, 1.165) is 32.9 Å². The fourth-order valence-corrected chi connectivity index (χ4v) is 2.28. The lowest BCUT2D eigenvalue weighted by molar-refractivity contribution is -0.0599. The van der Waals surface area contributed by atoms with E-state index in [4.69, 9.17) is 9.47 Å². The average Bonchev–Trinajstić information content (AvgIpc) is 2.80. The van der Waals surface area contributed by atoms with E-state index in [-0.39, 0.29) is 0 Å². The molecule has 0 saturated carbocycles. The molecule has 15 heavy (non-hydrogen) atoms. The molecule has 0 spiro atoms. The standard InChI is InChI=1S/C12H19NO2/c1-2-3-6-13-7-9-14-10-11(13)12-5-4-8-15-12/h11-12H,4-10H2,1H3. The molecule has 3 heteroatoms. The fraction of sp³-hybridized carbons (Fsp3) is 0.833. The second-order valence-electron chi connectivity index (χ2n) is 4.09. The highest BCUT2D eigenvalue weighted by atomic mass is 16.5. The van der Waals surface area contributed by atoms with Crippen molar-refractivity contribution in [3.8, 4) is 11.8 Å². The molecule has 0 aromatic carbocycles. The molecular weight excluding hydrogens is 190 g/mol. The normalized spacial score (nSPS) is 32.3. The second-order valence-corrected chi connectivity index (χ2v) is 4.09. The lowest BCUT2D eigenvalue weighted by Crippen LogP contribution is -2.51. The monoisotopic (exact) mass is 209 g/mol. The number of rotatable bonds is 2. The number of hydrogen-bond acceptors (Lipinski definition) is 3. The molecule has 0 radical (unpaired) electrons. The SMILES string of the molecule is CC#CCN1CCOCC1C1CCCO1. The van der Waals surface area contributed by atoms with Gasteiger partial charge in [0.25, 0.3) is 0 Å². The van der Waals surface area contributed by atoms with Gasteiger partial charge in [0, 0.05) is 13.2 Å². The summed E-state index contributed by atoms with van der Waals surface area (Å²) in [4.78, 5) is 2.40. The van der Waals surface area contributed by atoms with Crippen LogP contribution in [0.5, 0.6) is 0 Å². The summed E-state index contributed by atoms with van der Waals surface area (Å²) >= 11 is 0. The Kier molecular flexibility index (Phi) is 4.01. The van der Waals surface area contributed by atoms with E-state index in [0.29, 0.717) is 12.1 Å². The largest absolute Gasteiger partial charge is 0.378 e. The maximum Gasteiger partial charge on any atom is 0.0753 e. The quantitative estimate of drug-likeness (QED) is 0.630. The van der Waals surface area contributed by atoms with Gasteiger partial charge in [0.2, 0.25) is 0 Å². The van der Waals surface area contributed by atoms with Crippen LogP contribution in [0.1, 0.15) is 19.8 Å². The predicted molar refractivity (Wildman–Crippen MR) is 58.6 cm³/mol. The molecule has 84 valence electrons. The molecule has 2 atom stereocenters. The molecule has 0 aromatic rings. The van der Waals surface area contributed by atoms with Gasteiger partial charge >= 0.3 is 0 Å². The summed E-state index contributed by atoms with van der Waals surface area (Å²) in [6.07, 6.45) is 2.72. The summed E-state index contributed by atoms with van der Waals surface area (Å²) < 4.78 is 11.3. The summed E-state index contributed by atoms with van der Waals surface area (Å²) in [5.74, 6) is 6.09. The summed E-state index contributed by atoms with van der Waals surface area (Å²) in [5.41, 5.74) is 0. The average molecular weight is 209 g/mol. The van der Waals surface area contributed by atoms with E-state index in [1.165, 1.54) is 12.8 Å². The van der Waals surface area contributed by atoms with E-state index < -0.39 is 0 Å². The van der Waals surface area contributed by atoms with Gasteiger partial charge in [-0.25, -0.2) is 0 Å². The van der Waals surface area contributed by atoms with Gasteiger partial charge in [0.05, 0.1) is 31.9 Å². The van der Waals surface area contributed by atoms with Gasteiger partial charge < -0.3 is 9.47 Å². The van der Waals surface area contributed by atoms with Crippen LogP contribution in [0.25, 0.3) is 0 Å². The van der Waals surface area contributed by atoms with Crippen molar-refractivity contribution in [1.29, 1.82) is 0 Å². The zero-order chi connectivity index (χ0) is 10.5. The van der Waals surface area contributed by atoms with Crippen LogP contribution in [0.3, 0.4) is 0 Å². The van der Waals surface area contributed by atoms with Crippen LogP contribution in [-0.4, -0.2) is 50.0 Å². The molecule has 2 aliphatic rings. The summed E-state index contributed by atoms with van der Waals surface area (Å²) in [6.45, 7) is 6.27. The second kappa shape index (κ2) is 5.50. The van der Waals surface area contributed by atoms with Crippen LogP contribution in [0, 0.1) is 11.8 Å². The Labute approximate surface area is 91.7 Å². The lowest BCUT2D eigenvalue weighted by Gasteiger charge is -2.37. The molecule has 2 aliphatic heterocycles. The summed E-state index contributed by atoms with van der Waals surface area (Å²) in [5, 5.41) is 0. The molecule has 2 heterocycles. The van der Waals surface area contributed by atoms with Gasteiger partial charge in [-0.2, -0.15) is 0 Å². The lowest BCUT2D eigenvalue weighted by atomic mass is 10.1. The minimum Gasteiger partial charge on any atom is -0.378 e. The third kappa shape index (κ3) is 2.72. The van der Waals surface area contributed by atoms with E-state index in [2.05, 4.69) is 16.7 Å². The number of nitrogens with zero attached hydrogens (tertiary/aromatic N) is 1. The van der Waals surface area contributed by atoms with Crippen molar-refractivity contribution < 1.29 is 9.47 Å². The molecule has 0 bridgehead atoms. The van der Waals surface area contributed by atoms with Crippen LogP contribution >= 0.6 is 0 Å². The molecule has 0 N–H and O–H groups in total. The van der Waals surface area contributed by atoms with Crippen molar-refractivity contribution in [1.82, 2.24) is 4.90 Å². The molecule has 3 nitrogen and oxygen atoms in total. The molecule has 2 fully saturated rings. The summed E-state index contributed by atoms with van der Waals surface area (Å²) in [7, 11) is 0. The van der Waals surface area contributed by atoms with E-state index >= 15 is 0 Å². The Balaban J connectivity index is 1.94. The van der Waals surface area contributed by atoms with Crippen molar-refractivity contribution in [2.75, 3.05) is 32.9 Å². The van der Waals surface area contributed by atoms with Crippen LogP contribution in [0.4, 0.5) is 0 Å². The maximum absolute atomic E-state index is 5.73. The zero-order valence-corrected chi connectivity index (χ0v) is 9.37. The molecule has 0 amide bonds. The molecule has 0 aromatic heterocycles. The van der Waals surface area contributed by atoms with Crippen LogP contribution in [0.15, 0.2) is 0 Å². The molecule has 2 unspecified atom stereocenters. The first kappa shape index (κ1) is 10.9. The first-order chi connectivity index (χ1) is 7.42. The van der Waals surface area contributed by atoms with Crippen molar-refractivity contribution >= 4 is 0 Å². The zero-order valence-electron chi connectivity index (χ0n) is 9.37. The minimum atomic E-state index is 0.365. The van der Waals surface area contributed by atoms with Gasteiger partial charge in [-0.1, -0.05) is 5.92 Å². The Morgan fingerprint density at radius 3 is 3.07 bits per heavy atom. The minimum absolute atomic E-state index is 0.365. The fourth-order valence-electron chi connectivity index (χ4n) is 2.28.